The Hall–Kier alpha value is -0.930. The van der Waals surface area contributed by atoms with Crippen molar-refractivity contribution < 1.29 is 4.39 Å². The Morgan fingerprint density at radius 2 is 2.10 bits per heavy atom. The van der Waals surface area contributed by atoms with Crippen LogP contribution in [0, 0.1) is 11.7 Å². The van der Waals surface area contributed by atoms with E-state index in [0.29, 0.717) is 12.1 Å². The van der Waals surface area contributed by atoms with Gasteiger partial charge in [0.2, 0.25) is 0 Å². The average Bonchev–Trinajstić information content (AvgIpc) is 2.96. The fourth-order valence-corrected chi connectivity index (χ4v) is 4.11. The molecule has 0 amide bonds. The molecule has 1 aliphatic heterocycles. The quantitative estimate of drug-likeness (QED) is 0.881. The van der Waals surface area contributed by atoms with E-state index in [4.69, 9.17) is 0 Å². The molecule has 1 saturated carbocycles. The summed E-state index contributed by atoms with van der Waals surface area (Å²) in [5.74, 6) is 0.597. The van der Waals surface area contributed by atoms with Crippen LogP contribution in [0.2, 0.25) is 0 Å². The number of halogens is 1. The second-order valence-electron chi connectivity index (χ2n) is 6.70. The largest absolute Gasteiger partial charge is 0.314 e. The van der Waals surface area contributed by atoms with Crippen molar-refractivity contribution in [1.29, 1.82) is 0 Å². The third-order valence-electron chi connectivity index (χ3n) is 5.25. The molecule has 1 aromatic rings. The molecule has 1 aliphatic carbocycles. The van der Waals surface area contributed by atoms with Gasteiger partial charge in [-0.1, -0.05) is 25.0 Å². The molecule has 2 fully saturated rings. The number of piperidine rings is 1. The first-order valence-electron chi connectivity index (χ1n) is 8.49. The maximum Gasteiger partial charge on any atom is 0.123 e. The van der Waals surface area contributed by atoms with Crippen molar-refractivity contribution in [3.8, 4) is 0 Å². The molecule has 1 saturated heterocycles. The summed E-state index contributed by atoms with van der Waals surface area (Å²) in [5.41, 5.74) is 1.05. The lowest BCUT2D eigenvalue weighted by Gasteiger charge is -2.34. The van der Waals surface area contributed by atoms with Crippen LogP contribution < -0.4 is 10.6 Å². The van der Waals surface area contributed by atoms with Crippen LogP contribution in [0.5, 0.6) is 0 Å². The summed E-state index contributed by atoms with van der Waals surface area (Å²) in [5, 5.41) is 7.48. The van der Waals surface area contributed by atoms with Gasteiger partial charge in [-0.05, 0) is 62.8 Å². The zero-order valence-corrected chi connectivity index (χ0v) is 12.9. The van der Waals surface area contributed by atoms with Gasteiger partial charge in [-0.3, -0.25) is 0 Å². The minimum absolute atomic E-state index is 0.141. The van der Waals surface area contributed by atoms with E-state index in [9.17, 15) is 4.39 Å². The maximum atomic E-state index is 13.4. The molecule has 1 heterocycles. The van der Waals surface area contributed by atoms with E-state index in [-0.39, 0.29) is 11.9 Å². The normalized spacial score (nSPS) is 31.2. The van der Waals surface area contributed by atoms with E-state index in [2.05, 4.69) is 17.6 Å². The molecule has 2 N–H and O–H groups in total. The van der Waals surface area contributed by atoms with Crippen LogP contribution >= 0.6 is 0 Å². The Morgan fingerprint density at radius 3 is 2.86 bits per heavy atom. The smallest absolute Gasteiger partial charge is 0.123 e. The summed E-state index contributed by atoms with van der Waals surface area (Å²) in [4.78, 5) is 0. The van der Waals surface area contributed by atoms with Crippen LogP contribution in [0.4, 0.5) is 4.39 Å². The predicted octanol–water partition coefficient (Wildman–Crippen LogP) is 3.79. The topological polar surface area (TPSA) is 24.1 Å². The molecule has 116 valence electrons. The molecule has 1 aromatic carbocycles. The van der Waals surface area contributed by atoms with Gasteiger partial charge < -0.3 is 10.6 Å². The Labute approximate surface area is 127 Å². The van der Waals surface area contributed by atoms with E-state index in [1.165, 1.54) is 51.1 Å². The fourth-order valence-electron chi connectivity index (χ4n) is 4.11. The molecule has 2 nitrogen and oxygen atoms in total. The van der Waals surface area contributed by atoms with Crippen LogP contribution in [0.25, 0.3) is 0 Å². The summed E-state index contributed by atoms with van der Waals surface area (Å²) < 4.78 is 13.4. The highest BCUT2D eigenvalue weighted by Crippen LogP contribution is 2.33. The van der Waals surface area contributed by atoms with Gasteiger partial charge in [0.05, 0.1) is 0 Å². The van der Waals surface area contributed by atoms with Crippen molar-refractivity contribution in [2.75, 3.05) is 6.54 Å². The van der Waals surface area contributed by atoms with Gasteiger partial charge in [0, 0.05) is 18.1 Å². The highest BCUT2D eigenvalue weighted by Gasteiger charge is 2.34. The van der Waals surface area contributed by atoms with Crippen molar-refractivity contribution in [2.24, 2.45) is 5.92 Å². The molecule has 3 unspecified atom stereocenters. The second kappa shape index (κ2) is 6.89. The fraction of sp³-hybridized carbons (Fsp3) is 0.667. The van der Waals surface area contributed by atoms with Crippen molar-refractivity contribution in [2.45, 2.75) is 63.6 Å². The molecule has 4 atom stereocenters. The zero-order valence-electron chi connectivity index (χ0n) is 12.9. The molecule has 21 heavy (non-hydrogen) atoms. The van der Waals surface area contributed by atoms with Crippen LogP contribution in [-0.4, -0.2) is 18.6 Å². The van der Waals surface area contributed by atoms with Gasteiger partial charge in [-0.15, -0.1) is 0 Å². The first-order chi connectivity index (χ1) is 10.2. The number of benzene rings is 1. The maximum absolute atomic E-state index is 13.4. The lowest BCUT2D eigenvalue weighted by molar-refractivity contribution is 0.248. The molecule has 0 aromatic heterocycles. The van der Waals surface area contributed by atoms with Crippen LogP contribution in [0.3, 0.4) is 0 Å². The Morgan fingerprint density at radius 1 is 1.19 bits per heavy atom. The predicted molar refractivity (Wildman–Crippen MR) is 84.7 cm³/mol. The molecule has 2 aliphatic rings. The van der Waals surface area contributed by atoms with Crippen molar-refractivity contribution in [1.82, 2.24) is 10.6 Å². The minimum Gasteiger partial charge on any atom is -0.314 e. The highest BCUT2D eigenvalue weighted by molar-refractivity contribution is 5.19. The van der Waals surface area contributed by atoms with Crippen molar-refractivity contribution in [3.63, 3.8) is 0 Å². The second-order valence-corrected chi connectivity index (χ2v) is 6.70. The number of rotatable bonds is 4. The first kappa shape index (κ1) is 15.0. The van der Waals surface area contributed by atoms with Gasteiger partial charge in [0.25, 0.3) is 0 Å². The lowest BCUT2D eigenvalue weighted by atomic mass is 9.88. The van der Waals surface area contributed by atoms with Crippen LogP contribution in [-0.2, 0) is 0 Å². The molecule has 3 heteroatoms. The molecule has 0 spiro atoms. The van der Waals surface area contributed by atoms with Gasteiger partial charge in [-0.25, -0.2) is 4.39 Å². The first-order valence-corrected chi connectivity index (χ1v) is 8.49. The van der Waals surface area contributed by atoms with Gasteiger partial charge in [-0.2, -0.15) is 0 Å². The summed E-state index contributed by atoms with van der Waals surface area (Å²) in [6, 6.07) is 8.45. The zero-order chi connectivity index (χ0) is 14.7. The van der Waals surface area contributed by atoms with Gasteiger partial charge in [0.15, 0.2) is 0 Å². The van der Waals surface area contributed by atoms with E-state index in [1.54, 1.807) is 12.1 Å². The summed E-state index contributed by atoms with van der Waals surface area (Å²) in [6.07, 6.45) is 7.89. The third-order valence-corrected chi connectivity index (χ3v) is 5.25. The van der Waals surface area contributed by atoms with Crippen LogP contribution in [0.15, 0.2) is 24.3 Å². The molecular weight excluding hydrogens is 263 g/mol. The number of hydrogen-bond acceptors (Lipinski definition) is 2. The average molecular weight is 290 g/mol. The van der Waals surface area contributed by atoms with Crippen LogP contribution in [0.1, 0.15) is 57.1 Å². The summed E-state index contributed by atoms with van der Waals surface area (Å²) in [6.45, 7) is 3.33. The third kappa shape index (κ3) is 3.64. The van der Waals surface area contributed by atoms with Gasteiger partial charge in [0.1, 0.15) is 5.82 Å². The Bertz CT molecular complexity index is 456. The van der Waals surface area contributed by atoms with E-state index >= 15 is 0 Å². The molecular formula is C18H27FN2. The van der Waals surface area contributed by atoms with E-state index in [0.717, 1.165) is 11.5 Å². The SMILES string of the molecule is C[C@@H](NC1CCCC1C1CCCCN1)c1cccc(F)c1. The number of hydrogen-bond donors (Lipinski definition) is 2. The molecule has 3 rings (SSSR count). The van der Waals surface area contributed by atoms with E-state index < -0.39 is 0 Å². The van der Waals surface area contributed by atoms with Crippen molar-refractivity contribution in [3.05, 3.63) is 35.6 Å². The minimum atomic E-state index is -0.141. The molecule has 0 radical (unpaired) electrons. The summed E-state index contributed by atoms with van der Waals surface area (Å²) >= 11 is 0. The highest BCUT2D eigenvalue weighted by atomic mass is 19.1. The number of nitrogens with one attached hydrogen (secondary N) is 2. The standard InChI is InChI=1S/C18H27FN2/c1-13(14-6-4-7-15(19)12-14)21-18-10-5-8-16(18)17-9-2-3-11-20-17/h4,6-7,12-13,16-18,20-21H,2-3,5,8-11H2,1H3/t13-,16?,17?,18?/m1/s1. The molecule has 0 bridgehead atoms. The lowest BCUT2D eigenvalue weighted by Crippen LogP contribution is -2.47. The Balaban J connectivity index is 1.62. The summed E-state index contributed by atoms with van der Waals surface area (Å²) in [7, 11) is 0. The monoisotopic (exact) mass is 290 g/mol. The van der Waals surface area contributed by atoms with E-state index in [1.807, 2.05) is 6.07 Å². The van der Waals surface area contributed by atoms with Crippen molar-refractivity contribution >= 4 is 0 Å². The Kier molecular flexibility index (Phi) is 4.91. The van der Waals surface area contributed by atoms with Gasteiger partial charge >= 0.3 is 0 Å².